The number of nitrogens with zero attached hydrogens (tertiary/aromatic N) is 1. The van der Waals surface area contributed by atoms with Crippen LogP contribution in [0, 0.1) is 0 Å². The van der Waals surface area contributed by atoms with Gasteiger partial charge in [0.15, 0.2) is 0 Å². The number of aliphatic hydroxyl groups excluding tert-OH is 1. The maximum atomic E-state index is 12.7. The van der Waals surface area contributed by atoms with Crippen molar-refractivity contribution in [3.63, 3.8) is 0 Å². The largest absolute Gasteiger partial charge is 0.459 e. The number of ether oxygens (including phenoxy) is 1. The molecule has 4 nitrogen and oxygen atoms in total. The second kappa shape index (κ2) is 3.34. The number of piperidine rings is 2. The van der Waals surface area contributed by atoms with E-state index in [1.54, 1.807) is 0 Å². The molecule has 0 aromatic rings. The fourth-order valence-electron chi connectivity index (χ4n) is 4.85. The lowest BCUT2D eigenvalue weighted by Crippen LogP contribution is -2.46. The van der Waals surface area contributed by atoms with Gasteiger partial charge in [-0.05, 0) is 60.3 Å². The summed E-state index contributed by atoms with van der Waals surface area (Å²) in [7, 11) is 0. The van der Waals surface area contributed by atoms with Gasteiger partial charge in [0.1, 0.15) is 11.1 Å². The van der Waals surface area contributed by atoms with E-state index in [0.717, 1.165) is 19.3 Å². The van der Waals surface area contributed by atoms with Gasteiger partial charge in [0.2, 0.25) is 0 Å². The number of carbonyl (C=O) groups excluding carboxylic acids is 1. The van der Waals surface area contributed by atoms with Crippen LogP contribution in [0.1, 0.15) is 60.3 Å². The third-order valence-corrected chi connectivity index (χ3v) is 5.33. The highest BCUT2D eigenvalue weighted by Gasteiger charge is 2.85. The molecule has 3 heterocycles. The zero-order chi connectivity index (χ0) is 14.3. The third-order valence-electron chi connectivity index (χ3n) is 5.33. The van der Waals surface area contributed by atoms with Crippen molar-refractivity contribution in [1.82, 2.24) is 4.90 Å². The topological polar surface area (TPSA) is 49.5 Å². The van der Waals surface area contributed by atoms with E-state index >= 15 is 0 Å². The lowest BCUT2D eigenvalue weighted by atomic mass is 9.75. The first-order valence-electron chi connectivity index (χ1n) is 7.27. The quantitative estimate of drug-likeness (QED) is 0.582. The minimum absolute atomic E-state index is 0.0384. The molecule has 0 bridgehead atoms. The van der Waals surface area contributed by atoms with Crippen LogP contribution >= 0.6 is 0 Å². The van der Waals surface area contributed by atoms with Crippen molar-refractivity contribution in [1.29, 1.82) is 0 Å². The number of aliphatic hydroxyl groups is 1. The molecule has 5 unspecified atom stereocenters. The minimum atomic E-state index is -0.480. The maximum Gasteiger partial charge on any atom is 0.329 e. The molecular formula is C15H25NO3. The van der Waals surface area contributed by atoms with Crippen molar-refractivity contribution < 1.29 is 14.6 Å². The molecule has 5 atom stereocenters. The third kappa shape index (κ3) is 1.50. The van der Waals surface area contributed by atoms with E-state index in [-0.39, 0.29) is 23.2 Å². The highest BCUT2D eigenvalue weighted by molar-refractivity contribution is 5.89. The van der Waals surface area contributed by atoms with Crippen LogP contribution < -0.4 is 0 Å². The molecule has 3 rings (SSSR count). The van der Waals surface area contributed by atoms with E-state index < -0.39 is 11.1 Å². The molecule has 3 fully saturated rings. The molecule has 4 heteroatoms. The molecule has 0 saturated carbocycles. The number of esters is 1. The predicted octanol–water partition coefficient (Wildman–Crippen LogP) is 1.85. The summed E-state index contributed by atoms with van der Waals surface area (Å²) in [5.74, 6) is -0.0969. The van der Waals surface area contributed by atoms with Crippen molar-refractivity contribution in [3.8, 4) is 0 Å². The Hall–Kier alpha value is -0.610. The van der Waals surface area contributed by atoms with Gasteiger partial charge >= 0.3 is 5.97 Å². The highest BCUT2D eigenvalue weighted by atomic mass is 16.6. The Morgan fingerprint density at radius 1 is 1.26 bits per heavy atom. The van der Waals surface area contributed by atoms with Crippen LogP contribution in [-0.4, -0.2) is 44.3 Å². The molecule has 108 valence electrons. The van der Waals surface area contributed by atoms with Crippen molar-refractivity contribution >= 4 is 5.97 Å². The van der Waals surface area contributed by atoms with Crippen LogP contribution in [0.2, 0.25) is 0 Å². The Morgan fingerprint density at radius 2 is 1.89 bits per heavy atom. The normalized spacial score (nSPS) is 51.7. The van der Waals surface area contributed by atoms with Crippen LogP contribution in [0.25, 0.3) is 0 Å². The fraction of sp³-hybridized carbons (Fsp3) is 0.933. The maximum absolute atomic E-state index is 12.7. The van der Waals surface area contributed by atoms with Crippen LogP contribution in [0.5, 0.6) is 0 Å². The Bertz CT molecular complexity index is 443. The molecule has 1 N–H and O–H groups in total. The molecular weight excluding hydrogens is 242 g/mol. The summed E-state index contributed by atoms with van der Waals surface area (Å²) in [5, 5.41) is 10.1. The van der Waals surface area contributed by atoms with Gasteiger partial charge in [0.25, 0.3) is 0 Å². The molecule has 3 saturated heterocycles. The van der Waals surface area contributed by atoms with Gasteiger partial charge in [-0.3, -0.25) is 4.90 Å². The highest BCUT2D eigenvalue weighted by Crippen LogP contribution is 2.70. The molecule has 0 aliphatic carbocycles. The minimum Gasteiger partial charge on any atom is -0.459 e. The summed E-state index contributed by atoms with van der Waals surface area (Å²) in [6.07, 6.45) is 2.99. The first-order valence-corrected chi connectivity index (χ1v) is 7.27. The van der Waals surface area contributed by atoms with E-state index in [0.29, 0.717) is 6.42 Å². The van der Waals surface area contributed by atoms with Gasteiger partial charge in [-0.15, -0.1) is 0 Å². The second-order valence-corrected chi connectivity index (χ2v) is 8.03. The van der Waals surface area contributed by atoms with E-state index in [9.17, 15) is 9.90 Å². The average molecular weight is 267 g/mol. The molecule has 0 aromatic carbocycles. The van der Waals surface area contributed by atoms with Gasteiger partial charge in [-0.1, -0.05) is 0 Å². The number of fused-ring (bicyclic) bond motifs is 1. The Kier molecular flexibility index (Phi) is 2.35. The molecule has 0 amide bonds. The number of rotatable bonds is 1. The standard InChI is InChI=1S/C15H25NO3/c1-12(2,3)19-11(18)15-7-6-13(4)8-10(17)9-14(15,5)16(13)15/h10,17H,6-9H2,1-5H3. The lowest BCUT2D eigenvalue weighted by Gasteiger charge is -2.39. The number of hydrogen-bond donors (Lipinski definition) is 1. The molecule has 0 spiro atoms. The monoisotopic (exact) mass is 267 g/mol. The molecule has 19 heavy (non-hydrogen) atoms. The van der Waals surface area contributed by atoms with E-state index in [2.05, 4.69) is 18.7 Å². The average Bonchev–Trinajstić information content (AvgIpc) is 2.54. The first-order chi connectivity index (χ1) is 8.55. The van der Waals surface area contributed by atoms with Gasteiger partial charge in [0, 0.05) is 5.54 Å². The van der Waals surface area contributed by atoms with E-state index in [4.69, 9.17) is 4.74 Å². The Labute approximate surface area is 115 Å². The summed E-state index contributed by atoms with van der Waals surface area (Å²) in [4.78, 5) is 15.0. The van der Waals surface area contributed by atoms with Crippen LogP contribution in [0.3, 0.4) is 0 Å². The fourth-order valence-corrected chi connectivity index (χ4v) is 4.85. The van der Waals surface area contributed by atoms with Gasteiger partial charge in [-0.2, -0.15) is 0 Å². The lowest BCUT2D eigenvalue weighted by molar-refractivity contribution is -0.159. The van der Waals surface area contributed by atoms with E-state index in [1.165, 1.54) is 0 Å². The van der Waals surface area contributed by atoms with Crippen molar-refractivity contribution in [2.24, 2.45) is 0 Å². The summed E-state index contributed by atoms with van der Waals surface area (Å²) in [6.45, 7) is 10.0. The summed E-state index contributed by atoms with van der Waals surface area (Å²) in [5.41, 5.74) is -1.18. The van der Waals surface area contributed by atoms with Crippen LogP contribution in [0.4, 0.5) is 0 Å². The summed E-state index contributed by atoms with van der Waals surface area (Å²) >= 11 is 0. The summed E-state index contributed by atoms with van der Waals surface area (Å²) in [6, 6.07) is 0. The molecule has 0 radical (unpaired) electrons. The number of carbonyl (C=O) groups is 1. The first kappa shape index (κ1) is 13.4. The van der Waals surface area contributed by atoms with Gasteiger partial charge < -0.3 is 9.84 Å². The molecule has 0 aromatic heterocycles. The summed E-state index contributed by atoms with van der Waals surface area (Å²) < 4.78 is 5.66. The SMILES string of the molecule is CC(C)(C)OC(=O)C12CCC3(C)CC(O)CC1(C)N32. The van der Waals surface area contributed by atoms with Gasteiger partial charge in [-0.25, -0.2) is 4.79 Å². The second-order valence-electron chi connectivity index (χ2n) is 8.03. The smallest absolute Gasteiger partial charge is 0.329 e. The van der Waals surface area contributed by atoms with Gasteiger partial charge in [0.05, 0.1) is 11.6 Å². The zero-order valence-corrected chi connectivity index (χ0v) is 12.6. The van der Waals surface area contributed by atoms with Crippen LogP contribution in [0.15, 0.2) is 0 Å². The zero-order valence-electron chi connectivity index (χ0n) is 12.6. The molecule has 3 aliphatic rings. The Balaban J connectivity index is 1.93. The van der Waals surface area contributed by atoms with Crippen molar-refractivity contribution in [2.75, 3.05) is 0 Å². The predicted molar refractivity (Wildman–Crippen MR) is 71.7 cm³/mol. The Morgan fingerprint density at radius 3 is 2.47 bits per heavy atom. The van der Waals surface area contributed by atoms with Crippen molar-refractivity contribution in [3.05, 3.63) is 0 Å². The molecule has 3 aliphatic heterocycles. The number of hydrogen-bond acceptors (Lipinski definition) is 4. The van der Waals surface area contributed by atoms with Crippen LogP contribution in [-0.2, 0) is 9.53 Å². The van der Waals surface area contributed by atoms with E-state index in [1.807, 2.05) is 20.8 Å². The van der Waals surface area contributed by atoms with Crippen molar-refractivity contribution in [2.45, 2.75) is 88.6 Å².